The molecule has 2 saturated heterocycles. The third-order valence-electron chi connectivity index (χ3n) is 4.34. The Morgan fingerprint density at radius 2 is 2.17 bits per heavy atom. The highest BCUT2D eigenvalue weighted by molar-refractivity contribution is 5.74. The number of nitro benzene ring substituents is 1. The van der Waals surface area contributed by atoms with E-state index in [2.05, 4.69) is 5.32 Å². The van der Waals surface area contributed by atoms with Crippen molar-refractivity contribution in [3.05, 3.63) is 39.9 Å². The molecular formula is C16H21N3O5. The number of amides is 2. The van der Waals surface area contributed by atoms with Crippen molar-refractivity contribution in [2.45, 2.75) is 25.7 Å². The predicted octanol–water partition coefficient (Wildman–Crippen LogP) is 1.89. The van der Waals surface area contributed by atoms with Crippen molar-refractivity contribution in [2.24, 2.45) is 5.92 Å². The Bertz CT molecular complexity index is 603. The lowest BCUT2D eigenvalue weighted by atomic mass is 9.98. The summed E-state index contributed by atoms with van der Waals surface area (Å²) < 4.78 is 11.1. The van der Waals surface area contributed by atoms with Gasteiger partial charge in [-0.2, -0.15) is 0 Å². The first-order valence-corrected chi connectivity index (χ1v) is 8.13. The van der Waals surface area contributed by atoms with Crippen LogP contribution in [-0.4, -0.2) is 48.4 Å². The highest BCUT2D eigenvalue weighted by atomic mass is 16.7. The van der Waals surface area contributed by atoms with E-state index in [4.69, 9.17) is 9.47 Å². The van der Waals surface area contributed by atoms with Gasteiger partial charge in [-0.1, -0.05) is 12.1 Å². The second-order valence-electron chi connectivity index (χ2n) is 6.04. The molecule has 2 fully saturated rings. The number of carbonyl (C=O) groups is 1. The molecule has 2 aliphatic rings. The summed E-state index contributed by atoms with van der Waals surface area (Å²) in [5.41, 5.74) is 0.726. The van der Waals surface area contributed by atoms with Gasteiger partial charge >= 0.3 is 6.03 Å². The number of urea groups is 1. The Kier molecular flexibility index (Phi) is 5.27. The molecule has 0 aromatic heterocycles. The van der Waals surface area contributed by atoms with E-state index < -0.39 is 4.92 Å². The summed E-state index contributed by atoms with van der Waals surface area (Å²) >= 11 is 0. The van der Waals surface area contributed by atoms with E-state index in [9.17, 15) is 14.9 Å². The molecule has 1 aromatic carbocycles. The van der Waals surface area contributed by atoms with Gasteiger partial charge in [-0.05, 0) is 18.4 Å². The molecule has 130 valence electrons. The number of hydrogen-bond acceptors (Lipinski definition) is 5. The number of benzene rings is 1. The van der Waals surface area contributed by atoms with Crippen LogP contribution in [0.5, 0.6) is 0 Å². The molecule has 1 aromatic rings. The molecule has 0 spiro atoms. The Labute approximate surface area is 139 Å². The van der Waals surface area contributed by atoms with E-state index in [1.807, 2.05) is 0 Å². The fraction of sp³-hybridized carbons (Fsp3) is 0.562. The maximum Gasteiger partial charge on any atom is 0.317 e. The third kappa shape index (κ3) is 4.01. The number of nitrogens with one attached hydrogen (secondary N) is 1. The number of hydrogen-bond donors (Lipinski definition) is 1. The fourth-order valence-corrected chi connectivity index (χ4v) is 3.13. The first-order chi connectivity index (χ1) is 11.6. The van der Waals surface area contributed by atoms with Gasteiger partial charge in [-0.25, -0.2) is 4.79 Å². The smallest absolute Gasteiger partial charge is 0.317 e. The van der Waals surface area contributed by atoms with Crippen LogP contribution in [0.15, 0.2) is 24.3 Å². The van der Waals surface area contributed by atoms with E-state index in [-0.39, 0.29) is 30.5 Å². The predicted molar refractivity (Wildman–Crippen MR) is 85.3 cm³/mol. The second kappa shape index (κ2) is 7.59. The monoisotopic (exact) mass is 335 g/mol. The zero-order valence-electron chi connectivity index (χ0n) is 13.3. The molecule has 0 bridgehead atoms. The number of piperidine rings is 1. The topological polar surface area (TPSA) is 93.9 Å². The van der Waals surface area contributed by atoms with Crippen LogP contribution < -0.4 is 5.32 Å². The minimum atomic E-state index is -0.442. The highest BCUT2D eigenvalue weighted by Crippen LogP contribution is 2.25. The van der Waals surface area contributed by atoms with Crippen molar-refractivity contribution < 1.29 is 19.2 Å². The number of likely N-dealkylation sites (tertiary alicyclic amines) is 1. The Balaban J connectivity index is 1.52. The van der Waals surface area contributed by atoms with E-state index in [0.29, 0.717) is 31.9 Å². The van der Waals surface area contributed by atoms with Crippen LogP contribution in [0.4, 0.5) is 10.5 Å². The molecule has 2 aliphatic heterocycles. The number of ether oxygens (including phenoxy) is 2. The molecule has 1 unspecified atom stereocenters. The average Bonchev–Trinajstić information content (AvgIpc) is 3.15. The van der Waals surface area contributed by atoms with Crippen molar-refractivity contribution in [2.75, 3.05) is 26.3 Å². The van der Waals surface area contributed by atoms with Gasteiger partial charge in [0.2, 0.25) is 0 Å². The number of rotatable bonds is 4. The standard InChI is InChI=1S/C16H21N3O5/c20-16(17-10-12-3-1-5-14(9-12)19(21)22)18-6-2-4-13(11-18)15-23-7-8-24-15/h1,3,5,9,13,15H,2,4,6-8,10-11H2,(H,17,20). The molecule has 24 heavy (non-hydrogen) atoms. The van der Waals surface area contributed by atoms with Crippen molar-refractivity contribution >= 4 is 11.7 Å². The molecule has 1 atom stereocenters. The van der Waals surface area contributed by atoms with Crippen molar-refractivity contribution in [3.8, 4) is 0 Å². The Morgan fingerprint density at radius 3 is 2.92 bits per heavy atom. The lowest BCUT2D eigenvalue weighted by Crippen LogP contribution is -2.47. The van der Waals surface area contributed by atoms with Crippen LogP contribution in [0.3, 0.4) is 0 Å². The van der Waals surface area contributed by atoms with Gasteiger partial charge in [0.15, 0.2) is 6.29 Å². The van der Waals surface area contributed by atoms with Crippen LogP contribution >= 0.6 is 0 Å². The van der Waals surface area contributed by atoms with Gasteiger partial charge in [0.1, 0.15) is 0 Å². The number of non-ortho nitro benzene ring substituents is 1. The first kappa shape index (κ1) is 16.7. The van der Waals surface area contributed by atoms with E-state index in [1.165, 1.54) is 12.1 Å². The largest absolute Gasteiger partial charge is 0.350 e. The van der Waals surface area contributed by atoms with Gasteiger partial charge in [0.25, 0.3) is 5.69 Å². The van der Waals surface area contributed by atoms with Gasteiger partial charge < -0.3 is 19.7 Å². The number of nitro groups is 1. The summed E-state index contributed by atoms with van der Waals surface area (Å²) in [6.07, 6.45) is 1.69. The van der Waals surface area contributed by atoms with E-state index >= 15 is 0 Å². The Hall–Kier alpha value is -2.19. The molecule has 2 heterocycles. The van der Waals surface area contributed by atoms with Crippen LogP contribution in [0.1, 0.15) is 18.4 Å². The maximum atomic E-state index is 12.3. The third-order valence-corrected chi connectivity index (χ3v) is 4.34. The Morgan fingerprint density at radius 1 is 1.38 bits per heavy atom. The zero-order chi connectivity index (χ0) is 16.9. The maximum absolute atomic E-state index is 12.3. The minimum Gasteiger partial charge on any atom is -0.350 e. The molecule has 2 amide bonds. The van der Waals surface area contributed by atoms with Gasteiger partial charge in [0, 0.05) is 37.7 Å². The molecule has 8 heteroatoms. The summed E-state index contributed by atoms with van der Waals surface area (Å²) in [5, 5.41) is 13.6. The molecule has 1 N–H and O–H groups in total. The van der Waals surface area contributed by atoms with Crippen LogP contribution in [0, 0.1) is 16.0 Å². The molecule has 8 nitrogen and oxygen atoms in total. The van der Waals surface area contributed by atoms with Gasteiger partial charge in [0.05, 0.1) is 18.1 Å². The lowest BCUT2D eigenvalue weighted by molar-refractivity contribution is -0.384. The highest BCUT2D eigenvalue weighted by Gasteiger charge is 2.32. The van der Waals surface area contributed by atoms with Crippen LogP contribution in [0.25, 0.3) is 0 Å². The minimum absolute atomic E-state index is 0.0234. The summed E-state index contributed by atoms with van der Waals surface area (Å²) in [7, 11) is 0. The van der Waals surface area contributed by atoms with Crippen LogP contribution in [0.2, 0.25) is 0 Å². The summed E-state index contributed by atoms with van der Waals surface area (Å²) in [5.74, 6) is 0.199. The van der Waals surface area contributed by atoms with Crippen molar-refractivity contribution in [3.63, 3.8) is 0 Å². The zero-order valence-corrected chi connectivity index (χ0v) is 13.3. The summed E-state index contributed by atoms with van der Waals surface area (Å²) in [6, 6.07) is 6.11. The molecular weight excluding hydrogens is 314 g/mol. The van der Waals surface area contributed by atoms with Crippen molar-refractivity contribution in [1.29, 1.82) is 0 Å². The van der Waals surface area contributed by atoms with Crippen LogP contribution in [-0.2, 0) is 16.0 Å². The molecule has 0 saturated carbocycles. The first-order valence-electron chi connectivity index (χ1n) is 8.13. The SMILES string of the molecule is O=C(NCc1cccc([N+](=O)[O-])c1)N1CCCC(C2OCCO2)C1. The number of nitrogens with zero attached hydrogens (tertiary/aromatic N) is 2. The van der Waals surface area contributed by atoms with Gasteiger partial charge in [-0.3, -0.25) is 10.1 Å². The summed E-state index contributed by atoms with van der Waals surface area (Å²) in [6.45, 7) is 2.79. The fourth-order valence-electron chi connectivity index (χ4n) is 3.13. The van der Waals surface area contributed by atoms with E-state index in [1.54, 1.807) is 17.0 Å². The average molecular weight is 335 g/mol. The molecule has 3 rings (SSSR count). The summed E-state index contributed by atoms with van der Waals surface area (Å²) in [4.78, 5) is 24.5. The lowest BCUT2D eigenvalue weighted by Gasteiger charge is -2.34. The molecule has 0 radical (unpaired) electrons. The molecule has 0 aliphatic carbocycles. The number of carbonyl (C=O) groups excluding carboxylic acids is 1. The second-order valence-corrected chi connectivity index (χ2v) is 6.04. The van der Waals surface area contributed by atoms with Gasteiger partial charge in [-0.15, -0.1) is 0 Å². The van der Waals surface area contributed by atoms with Crippen molar-refractivity contribution in [1.82, 2.24) is 10.2 Å². The van der Waals surface area contributed by atoms with E-state index in [0.717, 1.165) is 12.8 Å². The quantitative estimate of drug-likeness (QED) is 0.670. The normalized spacial score (nSPS) is 21.7.